The van der Waals surface area contributed by atoms with Gasteiger partial charge in [-0.15, -0.1) is 0 Å². The van der Waals surface area contributed by atoms with Crippen LogP contribution in [0.1, 0.15) is 12.6 Å². The second kappa shape index (κ2) is 6.08. The largest absolute Gasteiger partial charge is 0.311 e. The van der Waals surface area contributed by atoms with Gasteiger partial charge in [-0.1, -0.05) is 22.9 Å². The lowest BCUT2D eigenvalue weighted by molar-refractivity contribution is 0.628. The number of benzene rings is 1. The van der Waals surface area contributed by atoms with E-state index in [0.717, 1.165) is 6.54 Å². The summed E-state index contributed by atoms with van der Waals surface area (Å²) in [5.74, 6) is -0.0234. The van der Waals surface area contributed by atoms with Gasteiger partial charge >= 0.3 is 0 Å². The number of nitrogens with zero attached hydrogens (tertiary/aromatic N) is 1. The summed E-state index contributed by atoms with van der Waals surface area (Å²) in [6.07, 6.45) is 0. The Morgan fingerprint density at radius 3 is 2.95 bits per heavy atom. The van der Waals surface area contributed by atoms with Crippen molar-refractivity contribution in [3.05, 3.63) is 50.6 Å². The molecule has 0 spiro atoms. The molecule has 0 aliphatic rings. The first-order valence-corrected chi connectivity index (χ1v) is 6.66. The van der Waals surface area contributed by atoms with E-state index in [1.807, 2.05) is 6.92 Å². The highest BCUT2D eigenvalue weighted by atomic mass is 79.9. The molecular formula is C13H13BrFN3O. The molecule has 0 amide bonds. The fraction of sp³-hybridized carbons (Fsp3) is 0.231. The van der Waals surface area contributed by atoms with Crippen molar-refractivity contribution in [2.24, 2.45) is 0 Å². The van der Waals surface area contributed by atoms with E-state index in [-0.39, 0.29) is 11.4 Å². The molecule has 0 saturated carbocycles. The number of halogens is 2. The molecule has 6 heteroatoms. The average molecular weight is 326 g/mol. The van der Waals surface area contributed by atoms with Crippen LogP contribution >= 0.6 is 15.9 Å². The predicted molar refractivity (Wildman–Crippen MR) is 75.3 cm³/mol. The third-order valence-electron chi connectivity index (χ3n) is 2.53. The van der Waals surface area contributed by atoms with Crippen LogP contribution in [0.2, 0.25) is 0 Å². The molecule has 100 valence electrons. The molecule has 2 rings (SSSR count). The summed E-state index contributed by atoms with van der Waals surface area (Å²) in [6.45, 7) is 3.26. The van der Waals surface area contributed by atoms with Crippen LogP contribution in [0, 0.1) is 5.82 Å². The molecule has 2 aromatic rings. The lowest BCUT2D eigenvalue weighted by Crippen LogP contribution is -2.17. The molecule has 0 bridgehead atoms. The summed E-state index contributed by atoms with van der Waals surface area (Å²) in [6, 6.07) is 5.69. The Bertz CT molecular complexity index is 642. The monoisotopic (exact) mass is 325 g/mol. The lowest BCUT2D eigenvalue weighted by Gasteiger charge is -2.07. The number of rotatable bonds is 4. The van der Waals surface area contributed by atoms with Crippen LogP contribution in [0.15, 0.2) is 33.5 Å². The second-order valence-electron chi connectivity index (χ2n) is 3.99. The van der Waals surface area contributed by atoms with E-state index in [9.17, 15) is 9.18 Å². The van der Waals surface area contributed by atoms with Crippen LogP contribution < -0.4 is 10.9 Å². The third-order valence-corrected chi connectivity index (χ3v) is 3.23. The van der Waals surface area contributed by atoms with E-state index < -0.39 is 0 Å². The fourth-order valence-corrected chi connectivity index (χ4v) is 2.09. The molecule has 0 unspecified atom stereocenters. The van der Waals surface area contributed by atoms with Crippen LogP contribution in [0.25, 0.3) is 11.4 Å². The van der Waals surface area contributed by atoms with Gasteiger partial charge in [-0.3, -0.25) is 4.79 Å². The van der Waals surface area contributed by atoms with Gasteiger partial charge in [0.15, 0.2) is 0 Å². The van der Waals surface area contributed by atoms with Gasteiger partial charge in [0.2, 0.25) is 0 Å². The van der Waals surface area contributed by atoms with Gasteiger partial charge in [0, 0.05) is 22.6 Å². The molecule has 0 atom stereocenters. The van der Waals surface area contributed by atoms with Crippen LogP contribution in [-0.4, -0.2) is 16.5 Å². The summed E-state index contributed by atoms with van der Waals surface area (Å²) in [5, 5.41) is 3.10. The van der Waals surface area contributed by atoms with E-state index in [1.165, 1.54) is 18.2 Å². The standard InChI is InChI=1S/C13H13BrFN3O/c1-2-16-7-9-6-12(19)18-13(17-9)10-5-8(15)3-4-11(10)14/h3-6,16H,2,7H2,1H3,(H,17,18,19). The molecule has 0 aliphatic carbocycles. The Morgan fingerprint density at radius 2 is 2.21 bits per heavy atom. The van der Waals surface area contributed by atoms with E-state index in [4.69, 9.17) is 0 Å². The number of aromatic nitrogens is 2. The first kappa shape index (κ1) is 13.9. The molecule has 19 heavy (non-hydrogen) atoms. The molecule has 1 aromatic heterocycles. The number of hydrogen-bond acceptors (Lipinski definition) is 3. The van der Waals surface area contributed by atoms with Gasteiger partial charge in [-0.2, -0.15) is 0 Å². The minimum Gasteiger partial charge on any atom is -0.311 e. The van der Waals surface area contributed by atoms with Crippen LogP contribution in [0.5, 0.6) is 0 Å². The SMILES string of the molecule is CCNCc1cc(=O)[nH]c(-c2cc(F)ccc2Br)n1. The Kier molecular flexibility index (Phi) is 4.44. The maximum absolute atomic E-state index is 13.3. The number of H-pyrrole nitrogens is 1. The molecule has 0 radical (unpaired) electrons. The minimum absolute atomic E-state index is 0.255. The van der Waals surface area contributed by atoms with Crippen molar-refractivity contribution in [2.75, 3.05) is 6.54 Å². The fourth-order valence-electron chi connectivity index (χ4n) is 1.66. The van der Waals surface area contributed by atoms with Gasteiger partial charge in [0.25, 0.3) is 5.56 Å². The molecule has 1 heterocycles. The zero-order valence-corrected chi connectivity index (χ0v) is 11.9. The average Bonchev–Trinajstić information content (AvgIpc) is 2.38. The predicted octanol–water partition coefficient (Wildman–Crippen LogP) is 2.45. The van der Waals surface area contributed by atoms with Crippen LogP contribution in [0.4, 0.5) is 4.39 Å². The Labute approximate surface area is 118 Å². The van der Waals surface area contributed by atoms with Gasteiger partial charge in [0.05, 0.1) is 5.69 Å². The molecule has 0 fully saturated rings. The van der Waals surface area contributed by atoms with Crippen molar-refractivity contribution in [1.82, 2.24) is 15.3 Å². The van der Waals surface area contributed by atoms with E-state index in [1.54, 1.807) is 6.07 Å². The molecule has 2 N–H and O–H groups in total. The highest BCUT2D eigenvalue weighted by Crippen LogP contribution is 2.25. The van der Waals surface area contributed by atoms with Crippen LogP contribution in [-0.2, 0) is 6.54 Å². The zero-order valence-electron chi connectivity index (χ0n) is 10.3. The number of hydrogen-bond donors (Lipinski definition) is 2. The van der Waals surface area contributed by atoms with Crippen molar-refractivity contribution in [3.8, 4) is 11.4 Å². The lowest BCUT2D eigenvalue weighted by atomic mass is 10.2. The van der Waals surface area contributed by atoms with Crippen molar-refractivity contribution < 1.29 is 4.39 Å². The normalized spacial score (nSPS) is 10.7. The minimum atomic E-state index is -0.377. The first-order chi connectivity index (χ1) is 9.10. The maximum atomic E-state index is 13.3. The van der Waals surface area contributed by atoms with E-state index >= 15 is 0 Å². The highest BCUT2D eigenvalue weighted by Gasteiger charge is 2.09. The summed E-state index contributed by atoms with van der Waals surface area (Å²) >= 11 is 3.32. The zero-order chi connectivity index (χ0) is 13.8. The quantitative estimate of drug-likeness (QED) is 0.907. The first-order valence-electron chi connectivity index (χ1n) is 5.86. The van der Waals surface area contributed by atoms with Crippen LogP contribution in [0.3, 0.4) is 0 Å². The molecule has 4 nitrogen and oxygen atoms in total. The van der Waals surface area contributed by atoms with Gasteiger partial charge in [-0.25, -0.2) is 9.37 Å². The van der Waals surface area contributed by atoms with E-state index in [0.29, 0.717) is 28.1 Å². The summed E-state index contributed by atoms with van der Waals surface area (Å²) in [5.41, 5.74) is 0.890. The summed E-state index contributed by atoms with van der Waals surface area (Å²) in [4.78, 5) is 18.6. The van der Waals surface area contributed by atoms with Crippen molar-refractivity contribution >= 4 is 15.9 Å². The second-order valence-corrected chi connectivity index (χ2v) is 4.84. The molecular weight excluding hydrogens is 313 g/mol. The van der Waals surface area contributed by atoms with E-state index in [2.05, 4.69) is 31.2 Å². The molecule has 1 aromatic carbocycles. The molecule has 0 aliphatic heterocycles. The molecule has 0 saturated heterocycles. The van der Waals surface area contributed by atoms with Crippen molar-refractivity contribution in [3.63, 3.8) is 0 Å². The topological polar surface area (TPSA) is 57.8 Å². The number of nitrogens with one attached hydrogen (secondary N) is 2. The highest BCUT2D eigenvalue weighted by molar-refractivity contribution is 9.10. The maximum Gasteiger partial charge on any atom is 0.251 e. The van der Waals surface area contributed by atoms with Crippen molar-refractivity contribution in [2.45, 2.75) is 13.5 Å². The Hall–Kier alpha value is -1.53. The Balaban J connectivity index is 2.46. The van der Waals surface area contributed by atoms with Gasteiger partial charge in [-0.05, 0) is 24.7 Å². The third kappa shape index (κ3) is 3.48. The number of aromatic amines is 1. The van der Waals surface area contributed by atoms with Gasteiger partial charge < -0.3 is 10.3 Å². The smallest absolute Gasteiger partial charge is 0.251 e. The van der Waals surface area contributed by atoms with Gasteiger partial charge in [0.1, 0.15) is 11.6 Å². The van der Waals surface area contributed by atoms with Crippen molar-refractivity contribution in [1.29, 1.82) is 0 Å². The summed E-state index contributed by atoms with van der Waals surface area (Å²) < 4.78 is 14.0. The summed E-state index contributed by atoms with van der Waals surface area (Å²) in [7, 11) is 0. The Morgan fingerprint density at radius 1 is 1.42 bits per heavy atom.